The molecule has 2 heterocycles. The molecule has 2 fully saturated rings. The molecule has 3 nitrogen and oxygen atoms in total. The van der Waals surface area contributed by atoms with Crippen molar-refractivity contribution in [1.29, 1.82) is 0 Å². The fourth-order valence-corrected chi connectivity index (χ4v) is 4.24. The monoisotopic (exact) mass is 334 g/mol. The zero-order valence-corrected chi connectivity index (χ0v) is 14.7. The maximum Gasteiger partial charge on any atom is 0.226 e. The van der Waals surface area contributed by atoms with E-state index in [1.54, 1.807) is 0 Å². The van der Waals surface area contributed by atoms with Crippen molar-refractivity contribution in [1.82, 2.24) is 10.2 Å². The molecule has 2 saturated heterocycles. The Balaban J connectivity index is 1.36. The van der Waals surface area contributed by atoms with Crippen LogP contribution in [0.25, 0.3) is 11.1 Å². The van der Waals surface area contributed by atoms with Gasteiger partial charge in [-0.3, -0.25) is 9.69 Å². The molecule has 0 unspecified atom stereocenters. The summed E-state index contributed by atoms with van der Waals surface area (Å²) in [5.74, 6) is 0.297. The molecule has 2 aromatic carbocycles. The Morgan fingerprint density at radius 3 is 2.24 bits per heavy atom. The van der Waals surface area contributed by atoms with E-state index in [1.165, 1.54) is 16.7 Å². The summed E-state index contributed by atoms with van der Waals surface area (Å²) in [5, 5.41) is 3.07. The predicted octanol–water partition coefficient (Wildman–Crippen LogP) is 3.85. The average Bonchev–Trinajstić information content (AvgIpc) is 2.67. The molecule has 1 N–H and O–H groups in total. The molecule has 0 radical (unpaired) electrons. The zero-order chi connectivity index (χ0) is 17.1. The van der Waals surface area contributed by atoms with E-state index in [-0.39, 0.29) is 5.41 Å². The van der Waals surface area contributed by atoms with Gasteiger partial charge >= 0.3 is 0 Å². The number of carbonyl (C=O) groups excluding carboxylic acids is 1. The molecule has 1 amide bonds. The molecule has 0 aliphatic carbocycles. The van der Waals surface area contributed by atoms with Crippen molar-refractivity contribution in [3.05, 3.63) is 60.2 Å². The summed E-state index contributed by atoms with van der Waals surface area (Å²) in [7, 11) is 0. The van der Waals surface area contributed by atoms with Crippen molar-refractivity contribution in [3.63, 3.8) is 0 Å². The van der Waals surface area contributed by atoms with Gasteiger partial charge in [0.05, 0.1) is 5.41 Å². The lowest BCUT2D eigenvalue weighted by Crippen LogP contribution is -2.51. The third kappa shape index (κ3) is 3.47. The van der Waals surface area contributed by atoms with Gasteiger partial charge in [-0.05, 0) is 55.5 Å². The molecule has 25 heavy (non-hydrogen) atoms. The van der Waals surface area contributed by atoms with Gasteiger partial charge in [-0.15, -0.1) is 0 Å². The topological polar surface area (TPSA) is 32.3 Å². The van der Waals surface area contributed by atoms with Gasteiger partial charge in [-0.25, -0.2) is 0 Å². The summed E-state index contributed by atoms with van der Waals surface area (Å²) < 4.78 is 0. The second-order valence-electron chi connectivity index (χ2n) is 7.48. The Morgan fingerprint density at radius 2 is 1.56 bits per heavy atom. The summed E-state index contributed by atoms with van der Waals surface area (Å²) in [6.45, 7) is 3.88. The minimum absolute atomic E-state index is 0.0775. The Morgan fingerprint density at radius 1 is 0.880 bits per heavy atom. The molecule has 0 aromatic heterocycles. The molecule has 3 heteroatoms. The quantitative estimate of drug-likeness (QED) is 0.925. The third-order valence-electron chi connectivity index (χ3n) is 5.88. The highest BCUT2D eigenvalue weighted by atomic mass is 16.2. The predicted molar refractivity (Wildman–Crippen MR) is 101 cm³/mol. The molecule has 1 spiro atoms. The van der Waals surface area contributed by atoms with E-state index in [2.05, 4.69) is 58.7 Å². The van der Waals surface area contributed by atoms with E-state index in [0.29, 0.717) is 5.91 Å². The summed E-state index contributed by atoms with van der Waals surface area (Å²) in [6, 6.07) is 19.4. The van der Waals surface area contributed by atoms with Crippen molar-refractivity contribution in [2.75, 3.05) is 19.6 Å². The van der Waals surface area contributed by atoms with Crippen molar-refractivity contribution in [3.8, 4) is 11.1 Å². The van der Waals surface area contributed by atoms with Crippen molar-refractivity contribution < 1.29 is 4.79 Å². The molecule has 2 aromatic rings. The number of piperidine rings is 2. The standard InChI is InChI=1S/C22H26N2O/c25-21-22(11-4-14-23-21)12-15-24(16-13-22)17-18-7-9-20(10-8-18)19-5-2-1-3-6-19/h1-3,5-10H,4,11-17H2,(H,23,25). The van der Waals surface area contributed by atoms with Crippen LogP contribution in [-0.4, -0.2) is 30.4 Å². The second-order valence-corrected chi connectivity index (χ2v) is 7.48. The van der Waals surface area contributed by atoms with E-state index in [0.717, 1.165) is 51.9 Å². The largest absolute Gasteiger partial charge is 0.356 e. The fraction of sp³-hybridized carbons (Fsp3) is 0.409. The molecule has 0 saturated carbocycles. The number of nitrogens with one attached hydrogen (secondary N) is 1. The SMILES string of the molecule is O=C1NCCCC12CCN(Cc1ccc(-c3ccccc3)cc1)CC2. The minimum atomic E-state index is -0.0775. The van der Waals surface area contributed by atoms with Crippen LogP contribution >= 0.6 is 0 Å². The molecule has 2 aliphatic rings. The van der Waals surface area contributed by atoms with Crippen molar-refractivity contribution >= 4 is 5.91 Å². The van der Waals surface area contributed by atoms with Crippen LogP contribution in [0.15, 0.2) is 54.6 Å². The van der Waals surface area contributed by atoms with Crippen LogP contribution in [0, 0.1) is 5.41 Å². The molecule has 0 bridgehead atoms. The Labute approximate surface area is 150 Å². The lowest BCUT2D eigenvalue weighted by molar-refractivity contribution is -0.136. The van der Waals surface area contributed by atoms with Gasteiger partial charge in [-0.1, -0.05) is 54.6 Å². The van der Waals surface area contributed by atoms with Crippen LogP contribution in [0.1, 0.15) is 31.2 Å². The van der Waals surface area contributed by atoms with E-state index >= 15 is 0 Å². The number of likely N-dealkylation sites (tertiary alicyclic amines) is 1. The first kappa shape index (κ1) is 16.3. The molecule has 2 aliphatic heterocycles. The number of nitrogens with zero attached hydrogens (tertiary/aromatic N) is 1. The lowest BCUT2D eigenvalue weighted by Gasteiger charge is -2.42. The van der Waals surface area contributed by atoms with E-state index in [1.807, 2.05) is 6.07 Å². The summed E-state index contributed by atoms with van der Waals surface area (Å²) >= 11 is 0. The Hall–Kier alpha value is -2.13. The van der Waals surface area contributed by atoms with Crippen LogP contribution in [-0.2, 0) is 11.3 Å². The van der Waals surface area contributed by atoms with Gasteiger partial charge in [0, 0.05) is 13.1 Å². The van der Waals surface area contributed by atoms with Gasteiger partial charge in [0.1, 0.15) is 0 Å². The van der Waals surface area contributed by atoms with E-state index in [9.17, 15) is 4.79 Å². The minimum Gasteiger partial charge on any atom is -0.356 e. The van der Waals surface area contributed by atoms with Gasteiger partial charge in [-0.2, -0.15) is 0 Å². The van der Waals surface area contributed by atoms with E-state index in [4.69, 9.17) is 0 Å². The first-order valence-corrected chi connectivity index (χ1v) is 9.40. The summed E-state index contributed by atoms with van der Waals surface area (Å²) in [4.78, 5) is 14.8. The van der Waals surface area contributed by atoms with Crippen LogP contribution in [0.5, 0.6) is 0 Å². The third-order valence-corrected chi connectivity index (χ3v) is 5.88. The molecule has 130 valence electrons. The zero-order valence-electron chi connectivity index (χ0n) is 14.7. The van der Waals surface area contributed by atoms with Gasteiger partial charge in [0.25, 0.3) is 0 Å². The van der Waals surface area contributed by atoms with Gasteiger partial charge in [0.15, 0.2) is 0 Å². The van der Waals surface area contributed by atoms with Crippen LogP contribution < -0.4 is 5.32 Å². The highest BCUT2D eigenvalue weighted by molar-refractivity contribution is 5.83. The Bertz CT molecular complexity index is 715. The molecule has 4 rings (SSSR count). The lowest BCUT2D eigenvalue weighted by atomic mass is 9.72. The normalized spacial score (nSPS) is 20.4. The number of rotatable bonds is 3. The highest BCUT2D eigenvalue weighted by Crippen LogP contribution is 2.38. The first-order chi connectivity index (χ1) is 12.3. The van der Waals surface area contributed by atoms with Gasteiger partial charge in [0.2, 0.25) is 5.91 Å². The van der Waals surface area contributed by atoms with Crippen LogP contribution in [0.3, 0.4) is 0 Å². The molecular formula is C22H26N2O. The van der Waals surface area contributed by atoms with E-state index < -0.39 is 0 Å². The average molecular weight is 334 g/mol. The number of amides is 1. The highest BCUT2D eigenvalue weighted by Gasteiger charge is 2.42. The first-order valence-electron chi connectivity index (χ1n) is 9.40. The number of hydrogen-bond donors (Lipinski definition) is 1. The maximum absolute atomic E-state index is 12.3. The van der Waals surface area contributed by atoms with Gasteiger partial charge < -0.3 is 5.32 Å². The number of benzene rings is 2. The second kappa shape index (κ2) is 7.01. The maximum atomic E-state index is 12.3. The van der Waals surface area contributed by atoms with Crippen molar-refractivity contribution in [2.45, 2.75) is 32.2 Å². The smallest absolute Gasteiger partial charge is 0.226 e. The molecular weight excluding hydrogens is 308 g/mol. The fourth-order valence-electron chi connectivity index (χ4n) is 4.24. The molecule has 0 atom stereocenters. The Kier molecular flexibility index (Phi) is 4.58. The summed E-state index contributed by atoms with van der Waals surface area (Å²) in [5.41, 5.74) is 3.80. The summed E-state index contributed by atoms with van der Waals surface area (Å²) in [6.07, 6.45) is 4.20. The number of carbonyl (C=O) groups is 1. The van der Waals surface area contributed by atoms with Crippen molar-refractivity contribution in [2.24, 2.45) is 5.41 Å². The number of hydrogen-bond acceptors (Lipinski definition) is 2. The van der Waals surface area contributed by atoms with Crippen LogP contribution in [0.4, 0.5) is 0 Å². The van der Waals surface area contributed by atoms with Crippen LogP contribution in [0.2, 0.25) is 0 Å².